The van der Waals surface area contributed by atoms with Gasteiger partial charge < -0.3 is 19.5 Å². The lowest BCUT2D eigenvalue weighted by atomic mass is 10.2. The molecule has 1 aliphatic heterocycles. The predicted molar refractivity (Wildman–Crippen MR) is 97.4 cm³/mol. The van der Waals surface area contributed by atoms with Crippen LogP contribution in [0.2, 0.25) is 0 Å². The highest BCUT2D eigenvalue weighted by molar-refractivity contribution is 8.00. The van der Waals surface area contributed by atoms with Gasteiger partial charge >= 0.3 is 0 Å². The minimum Gasteiger partial charge on any atom is -0.508 e. The van der Waals surface area contributed by atoms with Gasteiger partial charge in [-0.25, -0.2) is 0 Å². The van der Waals surface area contributed by atoms with Crippen LogP contribution in [0.3, 0.4) is 0 Å². The summed E-state index contributed by atoms with van der Waals surface area (Å²) < 4.78 is 11.6. The molecule has 1 atom stereocenters. The molecule has 5 nitrogen and oxygen atoms in total. The van der Waals surface area contributed by atoms with Crippen LogP contribution in [-0.2, 0) is 4.79 Å². The number of para-hydroxylation sites is 2. The van der Waals surface area contributed by atoms with Gasteiger partial charge in [-0.15, -0.1) is 11.8 Å². The topological polar surface area (TPSA) is 59.0 Å². The molecule has 6 heteroatoms. The largest absolute Gasteiger partial charge is 0.508 e. The number of amides is 1. The molecule has 132 valence electrons. The van der Waals surface area contributed by atoms with Gasteiger partial charge in [-0.3, -0.25) is 4.79 Å². The summed E-state index contributed by atoms with van der Waals surface area (Å²) >= 11 is 1.46. The lowest BCUT2D eigenvalue weighted by molar-refractivity contribution is -0.129. The van der Waals surface area contributed by atoms with Gasteiger partial charge in [0.15, 0.2) is 17.6 Å². The van der Waals surface area contributed by atoms with Gasteiger partial charge in [0.1, 0.15) is 12.4 Å². The van der Waals surface area contributed by atoms with E-state index in [1.54, 1.807) is 29.2 Å². The highest BCUT2D eigenvalue weighted by Crippen LogP contribution is 2.31. The average molecular weight is 359 g/mol. The first kappa shape index (κ1) is 17.5. The lowest BCUT2D eigenvalue weighted by Crippen LogP contribution is -2.44. The Morgan fingerprint density at radius 1 is 1.20 bits per heavy atom. The summed E-state index contributed by atoms with van der Waals surface area (Å²) in [6.45, 7) is 3.52. The second kappa shape index (κ2) is 8.16. The summed E-state index contributed by atoms with van der Waals surface area (Å²) in [7, 11) is 0. The van der Waals surface area contributed by atoms with Crippen molar-refractivity contribution >= 4 is 17.7 Å². The number of likely N-dealkylation sites (N-methyl/N-ethyl adjacent to an activating group) is 1. The smallest absolute Gasteiger partial charge is 0.233 e. The van der Waals surface area contributed by atoms with Crippen LogP contribution < -0.4 is 9.47 Å². The van der Waals surface area contributed by atoms with Crippen LogP contribution >= 0.6 is 11.8 Å². The van der Waals surface area contributed by atoms with Crippen LogP contribution in [0, 0.1) is 0 Å². The molecule has 0 radical (unpaired) electrons. The van der Waals surface area contributed by atoms with Crippen LogP contribution in [0.1, 0.15) is 6.92 Å². The summed E-state index contributed by atoms with van der Waals surface area (Å²) in [6, 6.07) is 14.4. The van der Waals surface area contributed by atoms with Crippen molar-refractivity contribution in [2.45, 2.75) is 17.9 Å². The zero-order valence-electron chi connectivity index (χ0n) is 14.1. The van der Waals surface area contributed by atoms with Crippen molar-refractivity contribution in [1.82, 2.24) is 4.90 Å². The maximum absolute atomic E-state index is 12.5. The molecule has 3 rings (SSSR count). The number of aromatic hydroxyl groups is 1. The number of phenolic OH excluding ortho intramolecular Hbond substituents is 1. The van der Waals surface area contributed by atoms with Gasteiger partial charge in [-0.2, -0.15) is 0 Å². The number of benzene rings is 2. The quantitative estimate of drug-likeness (QED) is 0.803. The Hall–Kier alpha value is -2.34. The molecule has 0 bridgehead atoms. The van der Waals surface area contributed by atoms with Crippen LogP contribution in [0.25, 0.3) is 0 Å². The predicted octanol–water partition coefficient (Wildman–Crippen LogP) is 3.17. The van der Waals surface area contributed by atoms with Gasteiger partial charge in [0.2, 0.25) is 5.91 Å². The van der Waals surface area contributed by atoms with Crippen molar-refractivity contribution < 1.29 is 19.4 Å². The number of carbonyl (C=O) groups is 1. The van der Waals surface area contributed by atoms with E-state index >= 15 is 0 Å². The van der Waals surface area contributed by atoms with Gasteiger partial charge in [0, 0.05) is 11.4 Å². The van der Waals surface area contributed by atoms with Crippen LogP contribution in [0.4, 0.5) is 0 Å². The minimum atomic E-state index is -0.169. The van der Waals surface area contributed by atoms with Crippen molar-refractivity contribution in [3.05, 3.63) is 48.5 Å². The summed E-state index contributed by atoms with van der Waals surface area (Å²) in [5.41, 5.74) is 0. The molecule has 0 spiro atoms. The first-order chi connectivity index (χ1) is 12.2. The number of rotatable bonds is 6. The van der Waals surface area contributed by atoms with Crippen LogP contribution in [0.15, 0.2) is 53.4 Å². The highest BCUT2D eigenvalue weighted by atomic mass is 32.2. The van der Waals surface area contributed by atoms with E-state index in [1.807, 2.05) is 31.2 Å². The molecule has 0 aromatic heterocycles. The average Bonchev–Trinajstić information content (AvgIpc) is 2.65. The number of carbonyl (C=O) groups excluding carboxylic acids is 1. The van der Waals surface area contributed by atoms with E-state index in [-0.39, 0.29) is 17.8 Å². The maximum Gasteiger partial charge on any atom is 0.233 e. The van der Waals surface area contributed by atoms with Crippen molar-refractivity contribution in [2.75, 3.05) is 25.4 Å². The second-order valence-corrected chi connectivity index (χ2v) is 6.76. The molecule has 1 unspecified atom stereocenters. The van der Waals surface area contributed by atoms with E-state index in [2.05, 4.69) is 0 Å². The van der Waals surface area contributed by atoms with Crippen LogP contribution in [0.5, 0.6) is 17.2 Å². The molecule has 1 amide bonds. The Bertz CT molecular complexity index is 720. The fourth-order valence-corrected chi connectivity index (χ4v) is 3.39. The molecule has 1 N–H and O–H groups in total. The molecular weight excluding hydrogens is 338 g/mol. The van der Waals surface area contributed by atoms with Crippen molar-refractivity contribution in [3.8, 4) is 17.2 Å². The van der Waals surface area contributed by atoms with Crippen molar-refractivity contribution in [3.63, 3.8) is 0 Å². The molecule has 0 saturated carbocycles. The first-order valence-electron chi connectivity index (χ1n) is 8.24. The van der Waals surface area contributed by atoms with Crippen molar-refractivity contribution in [2.24, 2.45) is 0 Å². The van der Waals surface area contributed by atoms with Crippen LogP contribution in [-0.4, -0.2) is 47.5 Å². The Morgan fingerprint density at radius 3 is 2.64 bits per heavy atom. The van der Waals surface area contributed by atoms with E-state index in [0.717, 1.165) is 16.4 Å². The monoisotopic (exact) mass is 359 g/mol. The Labute approximate surface area is 151 Å². The first-order valence-corrected chi connectivity index (χ1v) is 9.22. The van der Waals surface area contributed by atoms with E-state index in [4.69, 9.17) is 9.47 Å². The lowest BCUT2D eigenvalue weighted by Gasteiger charge is -2.30. The number of phenols is 1. The van der Waals surface area contributed by atoms with E-state index in [1.165, 1.54) is 11.8 Å². The Kier molecular flexibility index (Phi) is 5.71. The zero-order chi connectivity index (χ0) is 17.6. The maximum atomic E-state index is 12.5. The third-order valence-electron chi connectivity index (χ3n) is 3.93. The van der Waals surface area contributed by atoms with Crippen molar-refractivity contribution in [1.29, 1.82) is 0 Å². The van der Waals surface area contributed by atoms with E-state index in [9.17, 15) is 9.90 Å². The van der Waals surface area contributed by atoms with Gasteiger partial charge in [0.05, 0.1) is 12.3 Å². The van der Waals surface area contributed by atoms with Gasteiger partial charge in [-0.1, -0.05) is 12.1 Å². The minimum absolute atomic E-state index is 0.0584. The summed E-state index contributed by atoms with van der Waals surface area (Å²) in [4.78, 5) is 15.2. The van der Waals surface area contributed by atoms with Gasteiger partial charge in [0.25, 0.3) is 0 Å². The molecule has 2 aromatic carbocycles. The SMILES string of the molecule is CCN(CC1COc2ccccc2O1)C(=O)CSc1ccc(O)cc1. The van der Waals surface area contributed by atoms with E-state index in [0.29, 0.717) is 25.4 Å². The molecular formula is C19H21NO4S. The fourth-order valence-electron chi connectivity index (χ4n) is 2.58. The Balaban J connectivity index is 1.53. The fraction of sp³-hybridized carbons (Fsp3) is 0.316. The number of nitrogens with zero attached hydrogens (tertiary/aromatic N) is 1. The van der Waals surface area contributed by atoms with Gasteiger partial charge in [-0.05, 0) is 43.3 Å². The Morgan fingerprint density at radius 2 is 1.92 bits per heavy atom. The summed E-state index contributed by atoms with van der Waals surface area (Å²) in [6.07, 6.45) is -0.169. The third kappa shape index (κ3) is 4.60. The molecule has 0 saturated heterocycles. The molecule has 1 heterocycles. The molecule has 0 aliphatic carbocycles. The summed E-state index contributed by atoms with van der Waals surface area (Å²) in [5, 5.41) is 9.30. The number of ether oxygens (including phenoxy) is 2. The number of thioether (sulfide) groups is 1. The number of hydrogen-bond donors (Lipinski definition) is 1. The molecule has 2 aromatic rings. The third-order valence-corrected chi connectivity index (χ3v) is 4.92. The highest BCUT2D eigenvalue weighted by Gasteiger charge is 2.24. The molecule has 25 heavy (non-hydrogen) atoms. The normalized spacial score (nSPS) is 15.6. The zero-order valence-corrected chi connectivity index (χ0v) is 14.9. The second-order valence-electron chi connectivity index (χ2n) is 5.71. The molecule has 1 aliphatic rings. The standard InChI is InChI=1S/C19H21NO4S/c1-2-20(19(22)13-25-16-9-7-14(21)8-10-16)11-15-12-23-17-5-3-4-6-18(17)24-15/h3-10,15,21H,2,11-13H2,1H3. The molecule has 0 fully saturated rings. The number of fused-ring (bicyclic) bond motifs is 1. The van der Waals surface area contributed by atoms with E-state index < -0.39 is 0 Å². The number of hydrogen-bond acceptors (Lipinski definition) is 5. The summed E-state index contributed by atoms with van der Waals surface area (Å²) in [5.74, 6) is 2.10.